The topological polar surface area (TPSA) is 37.4 Å². The molecule has 3 aromatic rings. The summed E-state index contributed by atoms with van der Waals surface area (Å²) < 4.78 is 27.9. The number of benzene rings is 3. The van der Waals surface area contributed by atoms with Crippen LogP contribution in [0.1, 0.15) is 19.8 Å². The lowest BCUT2D eigenvalue weighted by atomic mass is 10.1. The minimum absolute atomic E-state index is 0.334. The average molecular weight is 339 g/mol. The van der Waals surface area contributed by atoms with Gasteiger partial charge in [0.1, 0.15) is 0 Å². The highest BCUT2D eigenvalue weighted by Gasteiger charge is 2.24. The van der Waals surface area contributed by atoms with Gasteiger partial charge in [0.05, 0.1) is 10.6 Å². The van der Waals surface area contributed by atoms with Crippen molar-refractivity contribution in [2.75, 3.05) is 10.8 Å². The second-order valence-corrected chi connectivity index (χ2v) is 7.64. The van der Waals surface area contributed by atoms with Crippen molar-refractivity contribution in [1.82, 2.24) is 0 Å². The van der Waals surface area contributed by atoms with Crippen LogP contribution in [-0.2, 0) is 10.0 Å². The number of fused-ring (bicyclic) bond motifs is 1. The summed E-state index contributed by atoms with van der Waals surface area (Å²) in [5.41, 5.74) is 0.708. The fourth-order valence-electron chi connectivity index (χ4n) is 2.74. The zero-order valence-corrected chi connectivity index (χ0v) is 14.5. The lowest BCUT2D eigenvalue weighted by Crippen LogP contribution is -2.32. The summed E-state index contributed by atoms with van der Waals surface area (Å²) in [6, 6.07) is 22.4. The molecule has 0 aliphatic rings. The Morgan fingerprint density at radius 3 is 2.21 bits per heavy atom. The van der Waals surface area contributed by atoms with Crippen LogP contribution in [0.25, 0.3) is 10.8 Å². The quantitative estimate of drug-likeness (QED) is 0.645. The summed E-state index contributed by atoms with van der Waals surface area (Å²) >= 11 is 0. The molecule has 0 aliphatic heterocycles. The first kappa shape index (κ1) is 16.5. The van der Waals surface area contributed by atoms with Gasteiger partial charge in [0.25, 0.3) is 10.0 Å². The molecule has 24 heavy (non-hydrogen) atoms. The summed E-state index contributed by atoms with van der Waals surface area (Å²) in [5.74, 6) is 0. The SMILES string of the molecule is CCCCN(c1ccccc1)S(=O)(=O)c1ccc2ccccc2c1. The maximum atomic E-state index is 13.2. The number of hydrogen-bond donors (Lipinski definition) is 0. The molecule has 4 heteroatoms. The molecule has 0 unspecified atom stereocenters. The van der Waals surface area contributed by atoms with E-state index in [0.717, 1.165) is 23.6 Å². The van der Waals surface area contributed by atoms with E-state index in [-0.39, 0.29) is 0 Å². The van der Waals surface area contributed by atoms with Crippen LogP contribution in [0.2, 0.25) is 0 Å². The number of unbranched alkanes of at least 4 members (excludes halogenated alkanes) is 1. The lowest BCUT2D eigenvalue weighted by Gasteiger charge is -2.24. The molecule has 0 heterocycles. The van der Waals surface area contributed by atoms with Gasteiger partial charge in [-0.3, -0.25) is 4.31 Å². The highest BCUT2D eigenvalue weighted by molar-refractivity contribution is 7.92. The van der Waals surface area contributed by atoms with Gasteiger partial charge in [0.15, 0.2) is 0 Å². The van der Waals surface area contributed by atoms with E-state index in [0.29, 0.717) is 17.1 Å². The van der Waals surface area contributed by atoms with Crippen LogP contribution in [0.15, 0.2) is 77.7 Å². The van der Waals surface area contributed by atoms with Crippen molar-refractivity contribution >= 4 is 26.5 Å². The van der Waals surface area contributed by atoms with Gasteiger partial charge in [0, 0.05) is 6.54 Å². The number of para-hydroxylation sites is 1. The molecule has 124 valence electrons. The summed E-state index contributed by atoms with van der Waals surface area (Å²) in [6.45, 7) is 2.54. The van der Waals surface area contributed by atoms with E-state index in [1.165, 1.54) is 4.31 Å². The van der Waals surface area contributed by atoms with E-state index in [2.05, 4.69) is 6.92 Å². The first-order chi connectivity index (χ1) is 11.6. The minimum Gasteiger partial charge on any atom is -0.266 e. The number of rotatable bonds is 6. The van der Waals surface area contributed by atoms with E-state index in [1.54, 1.807) is 12.1 Å². The Bertz CT molecular complexity index is 921. The molecule has 3 aromatic carbocycles. The highest BCUT2D eigenvalue weighted by Crippen LogP contribution is 2.26. The molecule has 0 amide bonds. The second kappa shape index (κ2) is 7.05. The Labute approximate surface area is 143 Å². The molecule has 0 aliphatic carbocycles. The summed E-state index contributed by atoms with van der Waals surface area (Å²) in [7, 11) is -3.58. The van der Waals surface area contributed by atoms with Crippen LogP contribution in [0.4, 0.5) is 5.69 Å². The molecule has 0 saturated heterocycles. The normalized spacial score (nSPS) is 11.5. The van der Waals surface area contributed by atoms with Crippen molar-refractivity contribution in [3.63, 3.8) is 0 Å². The molecule has 0 N–H and O–H groups in total. The number of anilines is 1. The molecule has 0 spiro atoms. The fourth-order valence-corrected chi connectivity index (χ4v) is 4.28. The Balaban J connectivity index is 2.06. The van der Waals surface area contributed by atoms with Gasteiger partial charge in [-0.15, -0.1) is 0 Å². The average Bonchev–Trinajstić information content (AvgIpc) is 2.62. The minimum atomic E-state index is -3.58. The van der Waals surface area contributed by atoms with Crippen LogP contribution < -0.4 is 4.31 Å². The van der Waals surface area contributed by atoms with Crippen LogP contribution >= 0.6 is 0 Å². The molecule has 0 bridgehead atoms. The molecule has 0 aromatic heterocycles. The zero-order chi connectivity index (χ0) is 17.0. The van der Waals surface area contributed by atoms with Crippen molar-refractivity contribution in [2.24, 2.45) is 0 Å². The van der Waals surface area contributed by atoms with Crippen LogP contribution in [-0.4, -0.2) is 15.0 Å². The van der Waals surface area contributed by atoms with E-state index in [9.17, 15) is 8.42 Å². The van der Waals surface area contributed by atoms with E-state index in [1.807, 2.05) is 60.7 Å². The standard InChI is InChI=1S/C20H21NO2S/c1-2-3-15-21(19-11-5-4-6-12-19)24(22,23)20-14-13-17-9-7-8-10-18(17)16-20/h4-14,16H,2-3,15H2,1H3. The van der Waals surface area contributed by atoms with Gasteiger partial charge < -0.3 is 0 Å². The van der Waals surface area contributed by atoms with Crippen molar-refractivity contribution < 1.29 is 8.42 Å². The predicted molar refractivity (Wildman–Crippen MR) is 99.8 cm³/mol. The Morgan fingerprint density at radius 2 is 1.50 bits per heavy atom. The maximum absolute atomic E-state index is 13.2. The largest absolute Gasteiger partial charge is 0.266 e. The number of nitrogens with zero attached hydrogens (tertiary/aromatic N) is 1. The van der Waals surface area contributed by atoms with E-state index in [4.69, 9.17) is 0 Å². The van der Waals surface area contributed by atoms with Gasteiger partial charge in [-0.1, -0.05) is 61.9 Å². The maximum Gasteiger partial charge on any atom is 0.264 e. The lowest BCUT2D eigenvalue weighted by molar-refractivity contribution is 0.589. The monoisotopic (exact) mass is 339 g/mol. The van der Waals surface area contributed by atoms with Crippen LogP contribution in [0.3, 0.4) is 0 Å². The number of sulfonamides is 1. The van der Waals surface area contributed by atoms with Gasteiger partial charge in [-0.25, -0.2) is 8.42 Å². The summed E-state index contributed by atoms with van der Waals surface area (Å²) in [6.07, 6.45) is 1.76. The third kappa shape index (κ3) is 3.29. The first-order valence-corrected chi connectivity index (χ1v) is 9.63. The third-order valence-corrected chi connectivity index (χ3v) is 5.89. The van der Waals surface area contributed by atoms with Gasteiger partial charge in [-0.2, -0.15) is 0 Å². The van der Waals surface area contributed by atoms with Gasteiger partial charge in [-0.05, 0) is 41.5 Å². The molecule has 0 atom stereocenters. The molecule has 3 nitrogen and oxygen atoms in total. The summed E-state index contributed by atoms with van der Waals surface area (Å²) in [4.78, 5) is 0.334. The Kier molecular flexibility index (Phi) is 4.86. The van der Waals surface area contributed by atoms with Crippen molar-refractivity contribution in [1.29, 1.82) is 0 Å². The van der Waals surface area contributed by atoms with Crippen molar-refractivity contribution in [2.45, 2.75) is 24.7 Å². The molecule has 0 fully saturated rings. The fraction of sp³-hybridized carbons (Fsp3) is 0.200. The van der Waals surface area contributed by atoms with Crippen LogP contribution in [0, 0.1) is 0 Å². The zero-order valence-electron chi connectivity index (χ0n) is 13.7. The molecule has 3 rings (SSSR count). The molecular formula is C20H21NO2S. The third-order valence-electron chi connectivity index (χ3n) is 4.07. The predicted octanol–water partition coefficient (Wildman–Crippen LogP) is 4.84. The highest BCUT2D eigenvalue weighted by atomic mass is 32.2. The molecule has 0 saturated carbocycles. The van der Waals surface area contributed by atoms with Gasteiger partial charge in [0.2, 0.25) is 0 Å². The van der Waals surface area contributed by atoms with E-state index < -0.39 is 10.0 Å². The summed E-state index contributed by atoms with van der Waals surface area (Å²) in [5, 5.41) is 1.97. The van der Waals surface area contributed by atoms with Crippen LogP contribution in [0.5, 0.6) is 0 Å². The first-order valence-electron chi connectivity index (χ1n) is 8.19. The van der Waals surface area contributed by atoms with Crippen molar-refractivity contribution in [3.05, 3.63) is 72.8 Å². The number of hydrogen-bond acceptors (Lipinski definition) is 2. The van der Waals surface area contributed by atoms with E-state index >= 15 is 0 Å². The Morgan fingerprint density at radius 1 is 0.833 bits per heavy atom. The second-order valence-electron chi connectivity index (χ2n) is 5.78. The smallest absolute Gasteiger partial charge is 0.264 e. The van der Waals surface area contributed by atoms with Gasteiger partial charge >= 0.3 is 0 Å². The molecule has 0 radical (unpaired) electrons. The molecular weight excluding hydrogens is 318 g/mol. The Hall–Kier alpha value is -2.33. The van der Waals surface area contributed by atoms with Crippen molar-refractivity contribution in [3.8, 4) is 0 Å².